The van der Waals surface area contributed by atoms with Crippen LogP contribution in [0.5, 0.6) is 11.5 Å². The van der Waals surface area contributed by atoms with E-state index in [0.717, 1.165) is 29.0 Å². The lowest BCUT2D eigenvalue weighted by molar-refractivity contribution is -0.127. The summed E-state index contributed by atoms with van der Waals surface area (Å²) < 4.78 is 11.6. The smallest absolute Gasteiger partial charge is 0.241 e. The molecule has 0 aromatic heterocycles. The van der Waals surface area contributed by atoms with Gasteiger partial charge in [0.05, 0.1) is 26.3 Å². The van der Waals surface area contributed by atoms with E-state index in [0.29, 0.717) is 32.3 Å². The summed E-state index contributed by atoms with van der Waals surface area (Å²) in [7, 11) is 3.46. The number of carbonyl (C=O) groups excluding carboxylic acids is 1. The molecule has 162 valence electrons. The van der Waals surface area contributed by atoms with Gasteiger partial charge in [-0.15, -0.1) is 24.0 Å². The van der Waals surface area contributed by atoms with E-state index in [1.165, 1.54) is 0 Å². The molecule has 0 radical (unpaired) electrons. The minimum Gasteiger partial charge on any atom is -0.490 e. The Morgan fingerprint density at radius 3 is 2.57 bits per heavy atom. The second-order valence-corrected chi connectivity index (χ2v) is 6.94. The number of nitrogens with zero attached hydrogens (tertiary/aromatic N) is 2. The highest BCUT2D eigenvalue weighted by atomic mass is 127. The van der Waals surface area contributed by atoms with Gasteiger partial charge in [0.1, 0.15) is 0 Å². The fourth-order valence-electron chi connectivity index (χ4n) is 2.82. The maximum Gasteiger partial charge on any atom is 0.241 e. The van der Waals surface area contributed by atoms with Gasteiger partial charge in [-0.3, -0.25) is 4.79 Å². The first-order valence-corrected chi connectivity index (χ1v) is 9.77. The summed E-state index contributed by atoms with van der Waals surface area (Å²) in [6, 6.07) is 15.9. The van der Waals surface area contributed by atoms with Crippen molar-refractivity contribution in [3.8, 4) is 11.5 Å². The van der Waals surface area contributed by atoms with Crippen LogP contribution in [0.4, 0.5) is 0 Å². The second kappa shape index (κ2) is 12.3. The first kappa shape index (κ1) is 23.8. The van der Waals surface area contributed by atoms with Crippen molar-refractivity contribution in [2.75, 3.05) is 33.9 Å². The Morgan fingerprint density at radius 1 is 1.03 bits per heavy atom. The molecule has 7 nitrogen and oxygen atoms in total. The highest BCUT2D eigenvalue weighted by molar-refractivity contribution is 14.0. The van der Waals surface area contributed by atoms with E-state index in [9.17, 15) is 4.79 Å². The number of halogens is 1. The molecule has 1 aliphatic rings. The van der Waals surface area contributed by atoms with E-state index in [2.05, 4.69) is 15.6 Å². The number of nitrogens with one attached hydrogen (secondary N) is 2. The van der Waals surface area contributed by atoms with Crippen LogP contribution < -0.4 is 20.1 Å². The summed E-state index contributed by atoms with van der Waals surface area (Å²) in [6.45, 7) is 2.47. The average Bonchev–Trinajstić information content (AvgIpc) is 2.99. The van der Waals surface area contributed by atoms with Crippen molar-refractivity contribution in [1.29, 1.82) is 0 Å². The lowest BCUT2D eigenvalue weighted by atomic mass is 10.2. The molecule has 0 aliphatic carbocycles. The Morgan fingerprint density at radius 2 is 1.80 bits per heavy atom. The number of rotatable bonds is 6. The molecular formula is C22H29IN4O3. The van der Waals surface area contributed by atoms with Crippen LogP contribution in [0.2, 0.25) is 0 Å². The zero-order chi connectivity index (χ0) is 20.5. The monoisotopic (exact) mass is 524 g/mol. The van der Waals surface area contributed by atoms with Crippen molar-refractivity contribution in [2.24, 2.45) is 4.99 Å². The zero-order valence-electron chi connectivity index (χ0n) is 17.4. The fourth-order valence-corrected chi connectivity index (χ4v) is 2.82. The number of ether oxygens (including phenoxy) is 2. The Balaban J connectivity index is 0.00000320. The van der Waals surface area contributed by atoms with Gasteiger partial charge in [0.2, 0.25) is 5.91 Å². The van der Waals surface area contributed by atoms with Gasteiger partial charge in [0.25, 0.3) is 0 Å². The number of amides is 1. The SMILES string of the molecule is CN(C)C(=O)CNC(=NCc1ccccc1)NCc1cccc2c1OCCCO2.I. The predicted molar refractivity (Wildman–Crippen MR) is 129 cm³/mol. The normalized spacial score (nSPS) is 12.9. The van der Waals surface area contributed by atoms with E-state index < -0.39 is 0 Å². The van der Waals surface area contributed by atoms with Gasteiger partial charge in [-0.05, 0) is 11.6 Å². The summed E-state index contributed by atoms with van der Waals surface area (Å²) in [5.74, 6) is 2.07. The number of likely N-dealkylation sites (N-methyl/N-ethyl adjacent to an activating group) is 1. The first-order valence-electron chi connectivity index (χ1n) is 9.77. The van der Waals surface area contributed by atoms with Crippen molar-refractivity contribution in [3.63, 3.8) is 0 Å². The predicted octanol–water partition coefficient (Wildman–Crippen LogP) is 2.79. The van der Waals surface area contributed by atoms with E-state index in [1.54, 1.807) is 19.0 Å². The summed E-state index contributed by atoms with van der Waals surface area (Å²) in [5.41, 5.74) is 2.08. The minimum absolute atomic E-state index is 0. The number of aliphatic imine (C=N–C) groups is 1. The molecule has 1 amide bonds. The van der Waals surface area contributed by atoms with Crippen LogP contribution in [0, 0.1) is 0 Å². The van der Waals surface area contributed by atoms with Crippen LogP contribution in [0.1, 0.15) is 17.5 Å². The fraction of sp³-hybridized carbons (Fsp3) is 0.364. The lowest BCUT2D eigenvalue weighted by Crippen LogP contribution is -2.42. The topological polar surface area (TPSA) is 75.2 Å². The van der Waals surface area contributed by atoms with Crippen LogP contribution in [-0.2, 0) is 17.9 Å². The summed E-state index contributed by atoms with van der Waals surface area (Å²) in [6.07, 6.45) is 0.861. The first-order chi connectivity index (χ1) is 14.1. The van der Waals surface area contributed by atoms with Crippen LogP contribution in [-0.4, -0.2) is 50.6 Å². The number of hydrogen-bond donors (Lipinski definition) is 2. The van der Waals surface area contributed by atoms with Crippen molar-refractivity contribution in [3.05, 3.63) is 59.7 Å². The third-order valence-corrected chi connectivity index (χ3v) is 4.47. The van der Waals surface area contributed by atoms with E-state index >= 15 is 0 Å². The number of carbonyl (C=O) groups is 1. The van der Waals surface area contributed by atoms with Gasteiger partial charge in [0, 0.05) is 32.6 Å². The van der Waals surface area contributed by atoms with Gasteiger partial charge in [0.15, 0.2) is 17.5 Å². The Kier molecular flexibility index (Phi) is 9.72. The molecule has 1 heterocycles. The molecule has 0 saturated carbocycles. The van der Waals surface area contributed by atoms with Crippen LogP contribution >= 0.6 is 24.0 Å². The third kappa shape index (κ3) is 7.08. The van der Waals surface area contributed by atoms with Crippen molar-refractivity contribution < 1.29 is 14.3 Å². The Bertz CT molecular complexity index is 844. The largest absolute Gasteiger partial charge is 0.490 e. The molecule has 0 saturated heterocycles. The molecule has 0 spiro atoms. The Labute approximate surface area is 194 Å². The summed E-state index contributed by atoms with van der Waals surface area (Å²) >= 11 is 0. The van der Waals surface area contributed by atoms with Gasteiger partial charge in [-0.2, -0.15) is 0 Å². The summed E-state index contributed by atoms with van der Waals surface area (Å²) in [5, 5.41) is 6.41. The van der Waals surface area contributed by atoms with Crippen LogP contribution in [0.15, 0.2) is 53.5 Å². The molecule has 2 aromatic rings. The minimum atomic E-state index is -0.0236. The molecule has 0 atom stereocenters. The summed E-state index contributed by atoms with van der Waals surface area (Å²) in [4.78, 5) is 18.1. The van der Waals surface area contributed by atoms with E-state index in [1.807, 2.05) is 48.5 Å². The number of fused-ring (bicyclic) bond motifs is 1. The van der Waals surface area contributed by atoms with E-state index in [4.69, 9.17) is 9.47 Å². The quantitative estimate of drug-likeness (QED) is 0.346. The molecular weight excluding hydrogens is 495 g/mol. The maximum atomic E-state index is 12.0. The molecule has 0 bridgehead atoms. The lowest BCUT2D eigenvalue weighted by Gasteiger charge is -2.17. The van der Waals surface area contributed by atoms with Crippen molar-refractivity contribution in [2.45, 2.75) is 19.5 Å². The van der Waals surface area contributed by atoms with Gasteiger partial charge in [-0.25, -0.2) is 4.99 Å². The molecule has 1 aliphatic heterocycles. The highest BCUT2D eigenvalue weighted by Gasteiger charge is 2.15. The standard InChI is InChI=1S/C22H28N4O3.HI/c1-26(2)20(27)16-25-22(23-14-17-8-4-3-5-9-17)24-15-18-10-6-11-19-21(18)29-13-7-12-28-19;/h3-6,8-11H,7,12-16H2,1-2H3,(H2,23,24,25);1H. The number of hydrogen-bond acceptors (Lipinski definition) is 4. The Hall–Kier alpha value is -2.49. The average molecular weight is 524 g/mol. The maximum absolute atomic E-state index is 12.0. The zero-order valence-corrected chi connectivity index (χ0v) is 19.7. The highest BCUT2D eigenvalue weighted by Crippen LogP contribution is 2.33. The van der Waals surface area contributed by atoms with Gasteiger partial charge in [-0.1, -0.05) is 42.5 Å². The number of guanidine groups is 1. The molecule has 2 aromatic carbocycles. The van der Waals surface area contributed by atoms with Crippen LogP contribution in [0.3, 0.4) is 0 Å². The van der Waals surface area contributed by atoms with Crippen LogP contribution in [0.25, 0.3) is 0 Å². The molecule has 2 N–H and O–H groups in total. The molecule has 0 fully saturated rings. The number of para-hydroxylation sites is 1. The molecule has 0 unspecified atom stereocenters. The number of benzene rings is 2. The molecule has 3 rings (SSSR count). The van der Waals surface area contributed by atoms with Gasteiger partial charge >= 0.3 is 0 Å². The van der Waals surface area contributed by atoms with Gasteiger partial charge < -0.3 is 25.0 Å². The molecule has 30 heavy (non-hydrogen) atoms. The third-order valence-electron chi connectivity index (χ3n) is 4.47. The molecule has 8 heteroatoms. The van der Waals surface area contributed by atoms with Crippen molar-refractivity contribution in [1.82, 2.24) is 15.5 Å². The van der Waals surface area contributed by atoms with Crippen molar-refractivity contribution >= 4 is 35.8 Å². The van der Waals surface area contributed by atoms with E-state index in [-0.39, 0.29) is 36.4 Å². The second-order valence-electron chi connectivity index (χ2n) is 6.94.